The Balaban J connectivity index is 2.10. The van der Waals surface area contributed by atoms with Gasteiger partial charge in [-0.05, 0) is 38.5 Å². The zero-order valence-electron chi connectivity index (χ0n) is 13.4. The summed E-state index contributed by atoms with van der Waals surface area (Å²) in [5.74, 6) is 0.269. The van der Waals surface area contributed by atoms with E-state index < -0.39 is 6.03 Å². The molecule has 0 spiro atoms. The molecule has 1 heterocycles. The minimum absolute atomic E-state index is 0.209. The Morgan fingerprint density at radius 3 is 2.65 bits per heavy atom. The molecule has 7 heteroatoms. The van der Waals surface area contributed by atoms with Gasteiger partial charge in [-0.2, -0.15) is 4.98 Å². The zero-order chi connectivity index (χ0) is 16.7. The number of hydrogen-bond donors (Lipinski definition) is 2. The Morgan fingerprint density at radius 2 is 1.96 bits per heavy atom. The van der Waals surface area contributed by atoms with Gasteiger partial charge in [-0.3, -0.25) is 0 Å². The number of ether oxygens (including phenoxy) is 2. The number of nitrogens with one attached hydrogen (secondary N) is 2. The van der Waals surface area contributed by atoms with Crippen LogP contribution in [0.25, 0.3) is 0 Å². The summed E-state index contributed by atoms with van der Waals surface area (Å²) < 4.78 is 10.7. The third kappa shape index (κ3) is 4.84. The maximum atomic E-state index is 12.1. The molecular formula is C16H20N4O3. The minimum atomic E-state index is -0.399. The third-order valence-electron chi connectivity index (χ3n) is 2.81. The van der Waals surface area contributed by atoms with E-state index in [-0.39, 0.29) is 11.9 Å². The van der Waals surface area contributed by atoms with Crippen LogP contribution in [0.1, 0.15) is 19.4 Å². The molecule has 0 aliphatic rings. The molecule has 0 saturated carbocycles. The van der Waals surface area contributed by atoms with Gasteiger partial charge in [0.25, 0.3) is 0 Å². The molecule has 0 aliphatic heterocycles. The van der Waals surface area contributed by atoms with Crippen molar-refractivity contribution in [2.24, 2.45) is 0 Å². The van der Waals surface area contributed by atoms with Crippen LogP contribution in [0.15, 0.2) is 30.5 Å². The van der Waals surface area contributed by atoms with Crippen LogP contribution in [0.5, 0.6) is 11.9 Å². The molecule has 1 aromatic carbocycles. The lowest BCUT2D eigenvalue weighted by Crippen LogP contribution is -2.20. The summed E-state index contributed by atoms with van der Waals surface area (Å²) in [6, 6.07) is 7.32. The molecule has 2 rings (SSSR count). The molecule has 0 fully saturated rings. The first-order valence-corrected chi connectivity index (χ1v) is 7.39. The Morgan fingerprint density at radius 1 is 1.17 bits per heavy atom. The lowest BCUT2D eigenvalue weighted by molar-refractivity contribution is 0.261. The van der Waals surface area contributed by atoms with Gasteiger partial charge < -0.3 is 20.1 Å². The molecule has 7 nitrogen and oxygen atoms in total. The lowest BCUT2D eigenvalue weighted by atomic mass is 10.2. The van der Waals surface area contributed by atoms with E-state index in [0.717, 1.165) is 5.56 Å². The van der Waals surface area contributed by atoms with Gasteiger partial charge in [0.05, 0.1) is 19.4 Å². The predicted molar refractivity (Wildman–Crippen MR) is 88.2 cm³/mol. The van der Waals surface area contributed by atoms with Crippen molar-refractivity contribution < 1.29 is 14.3 Å². The molecule has 0 radical (unpaired) electrons. The number of benzene rings is 1. The van der Waals surface area contributed by atoms with Gasteiger partial charge in [-0.25, -0.2) is 9.78 Å². The SMILES string of the molecule is CCOc1ncc(NC(=O)Nc2cccc(C)c2)c(OCC)n1. The monoisotopic (exact) mass is 316 g/mol. The van der Waals surface area contributed by atoms with Crippen LogP contribution < -0.4 is 20.1 Å². The molecular weight excluding hydrogens is 296 g/mol. The number of hydrogen-bond acceptors (Lipinski definition) is 5. The number of aryl methyl sites for hydroxylation is 1. The van der Waals surface area contributed by atoms with Crippen LogP contribution >= 0.6 is 0 Å². The summed E-state index contributed by atoms with van der Waals surface area (Å²) in [7, 11) is 0. The van der Waals surface area contributed by atoms with E-state index in [4.69, 9.17) is 9.47 Å². The molecule has 23 heavy (non-hydrogen) atoms. The number of rotatable bonds is 6. The summed E-state index contributed by atoms with van der Waals surface area (Å²) in [4.78, 5) is 20.3. The first-order valence-electron chi connectivity index (χ1n) is 7.39. The van der Waals surface area contributed by atoms with Crippen molar-refractivity contribution in [3.05, 3.63) is 36.0 Å². The maximum Gasteiger partial charge on any atom is 0.323 e. The standard InChI is InChI=1S/C16H20N4O3/c1-4-22-14-13(10-17-16(20-14)23-5-2)19-15(21)18-12-8-6-7-11(3)9-12/h6-10H,4-5H2,1-3H3,(H2,18,19,21). The minimum Gasteiger partial charge on any atom is -0.476 e. The van der Waals surface area contributed by atoms with Crippen molar-refractivity contribution in [3.63, 3.8) is 0 Å². The number of carbonyl (C=O) groups is 1. The molecule has 0 saturated heterocycles. The Labute approximate surface area is 135 Å². The summed E-state index contributed by atoms with van der Waals surface area (Å²) >= 11 is 0. The lowest BCUT2D eigenvalue weighted by Gasteiger charge is -2.12. The first kappa shape index (κ1) is 16.5. The topological polar surface area (TPSA) is 85.4 Å². The summed E-state index contributed by atoms with van der Waals surface area (Å²) in [6.07, 6.45) is 1.46. The molecule has 0 aliphatic carbocycles. The van der Waals surface area contributed by atoms with Crippen LogP contribution in [0.2, 0.25) is 0 Å². The van der Waals surface area contributed by atoms with Gasteiger partial charge in [0.1, 0.15) is 5.69 Å². The van der Waals surface area contributed by atoms with Crippen molar-refractivity contribution in [1.82, 2.24) is 9.97 Å². The fourth-order valence-electron chi connectivity index (χ4n) is 1.89. The largest absolute Gasteiger partial charge is 0.476 e. The van der Waals surface area contributed by atoms with Gasteiger partial charge in [0.15, 0.2) is 0 Å². The highest BCUT2D eigenvalue weighted by atomic mass is 16.5. The third-order valence-corrected chi connectivity index (χ3v) is 2.81. The van der Waals surface area contributed by atoms with E-state index >= 15 is 0 Å². The number of urea groups is 1. The Hall–Kier alpha value is -2.83. The van der Waals surface area contributed by atoms with E-state index in [1.807, 2.05) is 45.0 Å². The van der Waals surface area contributed by atoms with Gasteiger partial charge in [-0.15, -0.1) is 0 Å². The smallest absolute Gasteiger partial charge is 0.323 e. The van der Waals surface area contributed by atoms with Crippen molar-refractivity contribution in [2.75, 3.05) is 23.8 Å². The van der Waals surface area contributed by atoms with E-state index in [9.17, 15) is 4.79 Å². The normalized spacial score (nSPS) is 10.0. The number of anilines is 2. The second-order valence-corrected chi connectivity index (χ2v) is 4.69. The summed E-state index contributed by atoms with van der Waals surface area (Å²) in [5.41, 5.74) is 2.13. The van der Waals surface area contributed by atoms with Crippen LogP contribution in [-0.2, 0) is 0 Å². The fraction of sp³-hybridized carbons (Fsp3) is 0.312. The summed E-state index contributed by atoms with van der Waals surface area (Å²) in [5, 5.41) is 5.42. The van der Waals surface area contributed by atoms with E-state index in [1.54, 1.807) is 0 Å². The van der Waals surface area contributed by atoms with Crippen molar-refractivity contribution >= 4 is 17.4 Å². The molecule has 0 bridgehead atoms. The quantitative estimate of drug-likeness (QED) is 0.854. The average Bonchev–Trinajstić information content (AvgIpc) is 2.50. The molecule has 122 valence electrons. The zero-order valence-corrected chi connectivity index (χ0v) is 13.4. The van der Waals surface area contributed by atoms with Gasteiger partial charge >= 0.3 is 12.0 Å². The van der Waals surface area contributed by atoms with Crippen LogP contribution in [0, 0.1) is 6.92 Å². The van der Waals surface area contributed by atoms with E-state index in [2.05, 4.69) is 20.6 Å². The van der Waals surface area contributed by atoms with E-state index in [1.165, 1.54) is 6.20 Å². The molecule has 0 unspecified atom stereocenters. The molecule has 2 amide bonds. The highest BCUT2D eigenvalue weighted by molar-refractivity contribution is 6.00. The van der Waals surface area contributed by atoms with Crippen LogP contribution in [0.3, 0.4) is 0 Å². The Bertz CT molecular complexity index is 676. The summed E-state index contributed by atoms with van der Waals surface area (Å²) in [6.45, 7) is 6.49. The second-order valence-electron chi connectivity index (χ2n) is 4.69. The number of carbonyl (C=O) groups excluding carboxylic acids is 1. The van der Waals surface area contributed by atoms with Crippen LogP contribution in [0.4, 0.5) is 16.2 Å². The first-order chi connectivity index (χ1) is 11.1. The Kier molecular flexibility index (Phi) is 5.74. The van der Waals surface area contributed by atoms with Gasteiger partial charge in [-0.1, -0.05) is 12.1 Å². The fourth-order valence-corrected chi connectivity index (χ4v) is 1.89. The molecule has 1 aromatic heterocycles. The number of amides is 2. The van der Waals surface area contributed by atoms with Crippen LogP contribution in [-0.4, -0.2) is 29.2 Å². The number of nitrogens with zero attached hydrogens (tertiary/aromatic N) is 2. The maximum absolute atomic E-state index is 12.1. The highest BCUT2D eigenvalue weighted by Crippen LogP contribution is 2.23. The van der Waals surface area contributed by atoms with Crippen molar-refractivity contribution in [1.29, 1.82) is 0 Å². The predicted octanol–water partition coefficient (Wildman–Crippen LogP) is 3.23. The highest BCUT2D eigenvalue weighted by Gasteiger charge is 2.12. The van der Waals surface area contributed by atoms with Gasteiger partial charge in [0.2, 0.25) is 5.88 Å². The molecule has 0 atom stereocenters. The van der Waals surface area contributed by atoms with Crippen molar-refractivity contribution in [3.8, 4) is 11.9 Å². The molecule has 2 N–H and O–H groups in total. The number of aromatic nitrogens is 2. The second kappa shape index (κ2) is 7.98. The van der Waals surface area contributed by atoms with Crippen molar-refractivity contribution in [2.45, 2.75) is 20.8 Å². The van der Waals surface area contributed by atoms with Gasteiger partial charge in [0, 0.05) is 5.69 Å². The molecule has 2 aromatic rings. The average molecular weight is 316 g/mol. The van der Waals surface area contributed by atoms with E-state index in [0.29, 0.717) is 24.6 Å².